The van der Waals surface area contributed by atoms with Gasteiger partial charge < -0.3 is 19.6 Å². The molecule has 11 heteroatoms. The molecule has 1 aromatic heterocycles. The van der Waals surface area contributed by atoms with Crippen LogP contribution in [0.4, 0.5) is 0 Å². The maximum Gasteiger partial charge on any atom is 0.310 e. The number of esters is 1. The van der Waals surface area contributed by atoms with Crippen LogP contribution in [-0.2, 0) is 25.8 Å². The van der Waals surface area contributed by atoms with Gasteiger partial charge in [0, 0.05) is 11.8 Å². The molecule has 0 radical (unpaired) electrons. The maximum atomic E-state index is 14.7. The van der Waals surface area contributed by atoms with E-state index < -0.39 is 28.7 Å². The molecule has 4 heterocycles. The molecule has 1 aromatic carbocycles. The molecule has 1 spiro atoms. The number of benzene rings is 1. The second-order valence-corrected chi connectivity index (χ2v) is 13.9. The van der Waals surface area contributed by atoms with Crippen molar-refractivity contribution in [2.75, 3.05) is 19.8 Å². The molecule has 2 aromatic rings. The van der Waals surface area contributed by atoms with E-state index in [9.17, 15) is 19.5 Å². The Morgan fingerprint density at radius 1 is 1.26 bits per heavy atom. The van der Waals surface area contributed by atoms with Crippen LogP contribution in [0.25, 0.3) is 11.0 Å². The van der Waals surface area contributed by atoms with Gasteiger partial charge in [0.05, 0.1) is 41.4 Å². The van der Waals surface area contributed by atoms with E-state index in [1.165, 1.54) is 0 Å². The molecule has 10 nitrogen and oxygen atoms in total. The molecule has 5 rings (SSSR count). The van der Waals surface area contributed by atoms with E-state index >= 15 is 0 Å². The van der Waals surface area contributed by atoms with Crippen LogP contribution in [-0.4, -0.2) is 89.5 Å². The van der Waals surface area contributed by atoms with Gasteiger partial charge in [-0.05, 0) is 56.6 Å². The fourth-order valence-corrected chi connectivity index (χ4v) is 9.43. The van der Waals surface area contributed by atoms with Gasteiger partial charge in [0.25, 0.3) is 0 Å². The Bertz CT molecular complexity index is 1360. The predicted molar refractivity (Wildman–Crippen MR) is 166 cm³/mol. The molecule has 6 atom stereocenters. The van der Waals surface area contributed by atoms with Gasteiger partial charge in [-0.25, -0.2) is 4.68 Å². The molecular weight excluding hydrogens is 566 g/mol. The van der Waals surface area contributed by atoms with Crippen molar-refractivity contribution in [3.8, 4) is 0 Å². The first-order chi connectivity index (χ1) is 20.8. The van der Waals surface area contributed by atoms with Gasteiger partial charge in [-0.2, -0.15) is 0 Å². The Kier molecular flexibility index (Phi) is 9.60. The molecular formula is C32H43N5O5S. The largest absolute Gasteiger partial charge is 0.465 e. The smallest absolute Gasteiger partial charge is 0.310 e. The number of aromatic nitrogens is 3. The van der Waals surface area contributed by atoms with Crippen LogP contribution in [0, 0.1) is 17.8 Å². The van der Waals surface area contributed by atoms with Crippen molar-refractivity contribution >= 4 is 40.6 Å². The Labute approximate surface area is 257 Å². The standard InChI is InChI=1S/C32H43N5O5S/c1-5-7-8-11-17-42-31(41)26-25-14-15-32(43-25)27(26)29(39)37(22(19-38)18-21(3)4)28(32)30(40)35(16-6-2)20-36-24-13-10-9-12-23(24)33-34-36/h5-6,9-10,12-13,21-22,25-28,38H,1-2,7-8,11,14-20H2,3-4H3/t22-,25-,26+,27+,28?,32?/m1/s1. The molecule has 3 aliphatic heterocycles. The summed E-state index contributed by atoms with van der Waals surface area (Å²) >= 11 is 1.60. The summed E-state index contributed by atoms with van der Waals surface area (Å²) in [7, 11) is 0. The number of rotatable bonds is 15. The Hall–Kier alpha value is -3.18. The number of amides is 2. The van der Waals surface area contributed by atoms with Gasteiger partial charge in [-0.3, -0.25) is 14.4 Å². The van der Waals surface area contributed by atoms with Gasteiger partial charge in [0.1, 0.15) is 18.2 Å². The lowest BCUT2D eigenvalue weighted by Gasteiger charge is -2.40. The highest BCUT2D eigenvalue weighted by Gasteiger charge is 2.74. The number of allylic oxidation sites excluding steroid dienone is 1. The van der Waals surface area contributed by atoms with Crippen LogP contribution < -0.4 is 0 Å². The highest BCUT2D eigenvalue weighted by Crippen LogP contribution is 2.67. The van der Waals surface area contributed by atoms with E-state index in [2.05, 4.69) is 23.5 Å². The molecule has 3 saturated heterocycles. The van der Waals surface area contributed by atoms with Crippen molar-refractivity contribution in [3.05, 3.63) is 49.6 Å². The predicted octanol–water partition coefficient (Wildman–Crippen LogP) is 3.80. The van der Waals surface area contributed by atoms with Crippen molar-refractivity contribution in [2.24, 2.45) is 17.8 Å². The average Bonchev–Trinajstić information content (AvgIpc) is 3.74. The molecule has 2 unspecified atom stereocenters. The third-order valence-electron chi connectivity index (χ3n) is 9.02. The summed E-state index contributed by atoms with van der Waals surface area (Å²) in [5, 5.41) is 19.0. The van der Waals surface area contributed by atoms with Crippen molar-refractivity contribution in [1.29, 1.82) is 0 Å². The van der Waals surface area contributed by atoms with E-state index in [1.54, 1.807) is 32.3 Å². The van der Waals surface area contributed by atoms with Gasteiger partial charge >= 0.3 is 5.97 Å². The van der Waals surface area contributed by atoms with E-state index in [1.807, 2.05) is 44.2 Å². The molecule has 43 heavy (non-hydrogen) atoms. The van der Waals surface area contributed by atoms with Crippen LogP contribution in [0.1, 0.15) is 52.4 Å². The minimum absolute atomic E-state index is 0.0862. The lowest BCUT2D eigenvalue weighted by molar-refractivity contribution is -0.154. The van der Waals surface area contributed by atoms with Crippen LogP contribution in [0.3, 0.4) is 0 Å². The van der Waals surface area contributed by atoms with Crippen molar-refractivity contribution < 1.29 is 24.2 Å². The van der Waals surface area contributed by atoms with Crippen molar-refractivity contribution in [3.63, 3.8) is 0 Å². The zero-order valence-corrected chi connectivity index (χ0v) is 26.0. The molecule has 1 N–H and O–H groups in total. The van der Waals surface area contributed by atoms with Crippen LogP contribution in [0.2, 0.25) is 0 Å². The Balaban J connectivity index is 1.48. The first-order valence-electron chi connectivity index (χ1n) is 15.3. The summed E-state index contributed by atoms with van der Waals surface area (Å²) < 4.78 is 6.62. The van der Waals surface area contributed by atoms with E-state index in [4.69, 9.17) is 4.74 Å². The summed E-state index contributed by atoms with van der Waals surface area (Å²) in [6.45, 7) is 12.1. The third kappa shape index (κ3) is 5.73. The first kappa shape index (κ1) is 31.3. The summed E-state index contributed by atoms with van der Waals surface area (Å²) in [5.74, 6) is -1.92. The number of ether oxygens (including phenoxy) is 1. The van der Waals surface area contributed by atoms with Gasteiger partial charge in [0.15, 0.2) is 0 Å². The SMILES string of the molecule is C=CCCCCOC(=O)[C@@H]1[C@H]2C(=O)N([C@@H](CO)CC(C)C)C(C(=O)N(CC=C)Cn3nnc4ccccc43)C23CC[C@H]1S3. The normalized spacial score (nSPS) is 26.6. The van der Waals surface area contributed by atoms with E-state index in [-0.39, 0.29) is 48.8 Å². The van der Waals surface area contributed by atoms with Crippen LogP contribution >= 0.6 is 11.8 Å². The van der Waals surface area contributed by atoms with Gasteiger partial charge in [-0.15, -0.1) is 30.0 Å². The second-order valence-electron chi connectivity index (χ2n) is 12.3. The number of fused-ring (bicyclic) bond motifs is 2. The number of likely N-dealkylation sites (tertiary alicyclic amines) is 1. The zero-order valence-electron chi connectivity index (χ0n) is 25.1. The molecule has 0 saturated carbocycles. The number of unbranched alkanes of at least 4 members (excludes halogenated alkanes) is 2. The number of nitrogens with zero attached hydrogens (tertiary/aromatic N) is 5. The lowest BCUT2D eigenvalue weighted by Crippen LogP contribution is -2.57. The summed E-state index contributed by atoms with van der Waals surface area (Å²) in [6, 6.07) is 6.16. The monoisotopic (exact) mass is 609 g/mol. The number of hydrogen-bond acceptors (Lipinski definition) is 8. The quantitative estimate of drug-likeness (QED) is 0.184. The minimum Gasteiger partial charge on any atom is -0.465 e. The Morgan fingerprint density at radius 3 is 2.77 bits per heavy atom. The molecule has 3 aliphatic rings. The first-order valence-corrected chi connectivity index (χ1v) is 16.2. The van der Waals surface area contributed by atoms with Crippen LogP contribution in [0.5, 0.6) is 0 Å². The van der Waals surface area contributed by atoms with Crippen molar-refractivity contribution in [2.45, 2.75) is 81.1 Å². The number of para-hydroxylation sites is 1. The topological polar surface area (TPSA) is 118 Å². The van der Waals surface area contributed by atoms with Crippen LogP contribution in [0.15, 0.2) is 49.6 Å². The van der Waals surface area contributed by atoms with Gasteiger partial charge in [-0.1, -0.05) is 43.3 Å². The number of aliphatic hydroxyl groups is 1. The highest BCUT2D eigenvalue weighted by molar-refractivity contribution is 8.02. The highest BCUT2D eigenvalue weighted by atomic mass is 32.2. The number of carbonyl (C=O) groups excluding carboxylic acids is 3. The van der Waals surface area contributed by atoms with Gasteiger partial charge in [0.2, 0.25) is 11.8 Å². The minimum atomic E-state index is -0.837. The molecule has 3 fully saturated rings. The average molecular weight is 610 g/mol. The number of thioether (sulfide) groups is 1. The molecule has 232 valence electrons. The fourth-order valence-electron chi connectivity index (χ4n) is 7.24. The van der Waals surface area contributed by atoms with Crippen molar-refractivity contribution in [1.82, 2.24) is 24.8 Å². The Morgan fingerprint density at radius 2 is 2.05 bits per heavy atom. The maximum absolute atomic E-state index is 14.7. The lowest BCUT2D eigenvalue weighted by atomic mass is 9.71. The molecule has 2 bridgehead atoms. The summed E-state index contributed by atoms with van der Waals surface area (Å²) in [5.41, 5.74) is 1.51. The number of aliphatic hydroxyl groups excluding tert-OH is 1. The fraction of sp³-hybridized carbons (Fsp3) is 0.594. The summed E-state index contributed by atoms with van der Waals surface area (Å²) in [6.07, 6.45) is 7.88. The van der Waals surface area contributed by atoms with E-state index in [0.29, 0.717) is 19.4 Å². The second kappa shape index (κ2) is 13.2. The number of carbonyl (C=O) groups is 3. The third-order valence-corrected chi connectivity index (χ3v) is 11.0. The molecule has 2 amide bonds. The van der Waals surface area contributed by atoms with E-state index in [0.717, 1.165) is 36.7 Å². The summed E-state index contributed by atoms with van der Waals surface area (Å²) in [4.78, 5) is 46.0. The molecule has 0 aliphatic carbocycles. The number of hydrogen-bond donors (Lipinski definition) is 1. The zero-order chi connectivity index (χ0) is 30.7.